The lowest BCUT2D eigenvalue weighted by Crippen LogP contribution is -2.39. The van der Waals surface area contributed by atoms with Gasteiger partial charge in [-0.05, 0) is 58.8 Å². The summed E-state index contributed by atoms with van der Waals surface area (Å²) in [5, 5.41) is 0. The molecule has 0 bridgehead atoms. The number of ketones is 1. The van der Waals surface area contributed by atoms with Gasteiger partial charge in [0.25, 0.3) is 0 Å². The molecule has 24 heavy (non-hydrogen) atoms. The van der Waals surface area contributed by atoms with Crippen molar-refractivity contribution in [1.29, 1.82) is 0 Å². The van der Waals surface area contributed by atoms with Gasteiger partial charge in [0.15, 0.2) is 0 Å². The third-order valence-electron chi connectivity index (χ3n) is 5.33. The number of carbonyl (C=O) groups is 2. The number of hydrogen-bond donors (Lipinski definition) is 0. The van der Waals surface area contributed by atoms with Crippen molar-refractivity contribution in [3.8, 4) is 0 Å². The van der Waals surface area contributed by atoms with Gasteiger partial charge in [-0.2, -0.15) is 0 Å². The van der Waals surface area contributed by atoms with Crippen LogP contribution in [0.15, 0.2) is 0 Å². The van der Waals surface area contributed by atoms with Gasteiger partial charge in [-0.1, -0.05) is 0 Å². The van der Waals surface area contributed by atoms with E-state index < -0.39 is 0 Å². The summed E-state index contributed by atoms with van der Waals surface area (Å²) in [7, 11) is 0. The fourth-order valence-electron chi connectivity index (χ4n) is 3.77. The Morgan fingerprint density at radius 3 is 2.08 bits per heavy atom. The Morgan fingerprint density at radius 2 is 1.54 bits per heavy atom. The summed E-state index contributed by atoms with van der Waals surface area (Å²) in [6, 6.07) is 0. The first kappa shape index (κ1) is 19.4. The topological polar surface area (TPSA) is 55.8 Å². The number of rotatable bonds is 8. The summed E-state index contributed by atoms with van der Waals surface area (Å²) in [5.41, 5.74) is 0. The number of likely N-dealkylation sites (tertiary alicyclic amines) is 1. The van der Waals surface area contributed by atoms with Crippen LogP contribution < -0.4 is 0 Å². The molecule has 1 aliphatic heterocycles. The van der Waals surface area contributed by atoms with Gasteiger partial charge in [-0.15, -0.1) is 0 Å². The van der Waals surface area contributed by atoms with Crippen LogP contribution in [0.1, 0.15) is 65.2 Å². The van der Waals surface area contributed by atoms with Crippen molar-refractivity contribution in [1.82, 2.24) is 4.90 Å². The molecular formula is C19H33NO4. The molecule has 1 amide bonds. The second kappa shape index (κ2) is 10.1. The highest BCUT2D eigenvalue weighted by molar-refractivity contribution is 5.79. The van der Waals surface area contributed by atoms with Crippen molar-refractivity contribution in [3.05, 3.63) is 0 Å². The van der Waals surface area contributed by atoms with Crippen LogP contribution in [0, 0.1) is 5.92 Å². The standard InChI is InChI=1S/C19H33NO4/c1-3-23-17-6-8-18(9-7-17)24-14-4-5-19(22)20-12-10-16(11-13-20)15(2)21/h16-18H,3-14H2,1-2H3. The Balaban J connectivity index is 1.53. The molecule has 5 heteroatoms. The van der Waals surface area contributed by atoms with E-state index in [1.807, 2.05) is 11.8 Å². The summed E-state index contributed by atoms with van der Waals surface area (Å²) < 4.78 is 11.6. The lowest BCUT2D eigenvalue weighted by Gasteiger charge is -2.31. The lowest BCUT2D eigenvalue weighted by atomic mass is 9.93. The first-order chi connectivity index (χ1) is 11.6. The van der Waals surface area contributed by atoms with Crippen LogP contribution in [0.4, 0.5) is 0 Å². The van der Waals surface area contributed by atoms with Crippen LogP contribution in [0.3, 0.4) is 0 Å². The number of hydrogen-bond acceptors (Lipinski definition) is 4. The average Bonchev–Trinajstić information content (AvgIpc) is 2.60. The Labute approximate surface area is 146 Å². The highest BCUT2D eigenvalue weighted by Crippen LogP contribution is 2.24. The van der Waals surface area contributed by atoms with Crippen LogP contribution in [0.25, 0.3) is 0 Å². The van der Waals surface area contributed by atoms with E-state index in [0.717, 1.165) is 64.6 Å². The van der Waals surface area contributed by atoms with Gasteiger partial charge in [-0.3, -0.25) is 9.59 Å². The predicted octanol–water partition coefficient (Wildman–Crippen LogP) is 2.96. The van der Waals surface area contributed by atoms with Crippen LogP contribution >= 0.6 is 0 Å². The lowest BCUT2D eigenvalue weighted by molar-refractivity contribution is -0.135. The monoisotopic (exact) mass is 339 g/mol. The Bertz CT molecular complexity index is 396. The molecule has 2 rings (SSSR count). The van der Waals surface area contributed by atoms with Crippen molar-refractivity contribution < 1.29 is 19.1 Å². The van der Waals surface area contributed by atoms with E-state index in [0.29, 0.717) is 25.2 Å². The number of piperidine rings is 1. The molecule has 138 valence electrons. The highest BCUT2D eigenvalue weighted by atomic mass is 16.5. The molecule has 1 heterocycles. The number of amides is 1. The van der Waals surface area contributed by atoms with Crippen LogP contribution in [-0.4, -0.2) is 55.1 Å². The molecule has 2 fully saturated rings. The van der Waals surface area contributed by atoms with Crippen molar-refractivity contribution >= 4 is 11.7 Å². The maximum absolute atomic E-state index is 12.2. The molecule has 0 aromatic carbocycles. The quantitative estimate of drug-likeness (QED) is 0.638. The van der Waals surface area contributed by atoms with Gasteiger partial charge in [0, 0.05) is 38.6 Å². The second-order valence-corrected chi connectivity index (χ2v) is 7.09. The fraction of sp³-hybridized carbons (Fsp3) is 0.895. The van der Waals surface area contributed by atoms with Crippen LogP contribution in [0.2, 0.25) is 0 Å². The van der Waals surface area contributed by atoms with E-state index in [4.69, 9.17) is 9.47 Å². The molecule has 1 aliphatic carbocycles. The first-order valence-electron chi connectivity index (χ1n) is 9.61. The molecule has 5 nitrogen and oxygen atoms in total. The summed E-state index contributed by atoms with van der Waals surface area (Å²) in [5.74, 6) is 0.624. The normalized spacial score (nSPS) is 25.7. The minimum absolute atomic E-state index is 0.157. The van der Waals surface area contributed by atoms with Gasteiger partial charge in [0.1, 0.15) is 5.78 Å². The maximum atomic E-state index is 12.2. The van der Waals surface area contributed by atoms with Gasteiger partial charge < -0.3 is 14.4 Å². The molecule has 0 unspecified atom stereocenters. The molecule has 0 N–H and O–H groups in total. The van der Waals surface area contributed by atoms with E-state index in [1.165, 1.54) is 0 Å². The van der Waals surface area contributed by atoms with E-state index in [2.05, 4.69) is 0 Å². The number of ether oxygens (including phenoxy) is 2. The predicted molar refractivity (Wildman–Crippen MR) is 92.8 cm³/mol. The largest absolute Gasteiger partial charge is 0.379 e. The second-order valence-electron chi connectivity index (χ2n) is 7.09. The Kier molecular flexibility index (Phi) is 8.19. The zero-order valence-electron chi connectivity index (χ0n) is 15.3. The van der Waals surface area contributed by atoms with Gasteiger partial charge >= 0.3 is 0 Å². The molecule has 2 aliphatic rings. The smallest absolute Gasteiger partial charge is 0.222 e. The van der Waals surface area contributed by atoms with Crippen LogP contribution in [-0.2, 0) is 19.1 Å². The highest BCUT2D eigenvalue weighted by Gasteiger charge is 2.25. The van der Waals surface area contributed by atoms with E-state index in [-0.39, 0.29) is 17.6 Å². The van der Waals surface area contributed by atoms with Crippen molar-refractivity contribution in [3.63, 3.8) is 0 Å². The third-order valence-corrected chi connectivity index (χ3v) is 5.33. The molecule has 0 radical (unpaired) electrons. The minimum Gasteiger partial charge on any atom is -0.379 e. The Morgan fingerprint density at radius 1 is 0.958 bits per heavy atom. The zero-order chi connectivity index (χ0) is 17.4. The summed E-state index contributed by atoms with van der Waals surface area (Å²) in [6.45, 7) is 6.61. The minimum atomic E-state index is 0.157. The molecule has 1 saturated carbocycles. The van der Waals surface area contributed by atoms with Crippen molar-refractivity contribution in [2.75, 3.05) is 26.3 Å². The molecule has 0 aromatic rings. The number of Topliss-reactive ketones (excluding diaryl/α,β-unsaturated/α-hetero) is 1. The van der Waals surface area contributed by atoms with E-state index in [9.17, 15) is 9.59 Å². The van der Waals surface area contributed by atoms with E-state index >= 15 is 0 Å². The Hall–Kier alpha value is -0.940. The van der Waals surface area contributed by atoms with Gasteiger partial charge in [-0.25, -0.2) is 0 Å². The van der Waals surface area contributed by atoms with Gasteiger partial charge in [0.2, 0.25) is 5.91 Å². The summed E-state index contributed by atoms with van der Waals surface area (Å²) in [4.78, 5) is 25.5. The molecular weight excluding hydrogens is 306 g/mol. The van der Waals surface area contributed by atoms with Crippen molar-refractivity contribution in [2.24, 2.45) is 5.92 Å². The number of carbonyl (C=O) groups excluding carboxylic acids is 2. The fourth-order valence-corrected chi connectivity index (χ4v) is 3.77. The zero-order valence-corrected chi connectivity index (χ0v) is 15.3. The summed E-state index contributed by atoms with van der Waals surface area (Å²) in [6.07, 6.45) is 8.04. The first-order valence-corrected chi connectivity index (χ1v) is 9.61. The third kappa shape index (κ3) is 6.17. The van der Waals surface area contributed by atoms with E-state index in [1.54, 1.807) is 6.92 Å². The maximum Gasteiger partial charge on any atom is 0.222 e. The molecule has 0 spiro atoms. The average molecular weight is 339 g/mol. The summed E-state index contributed by atoms with van der Waals surface area (Å²) >= 11 is 0. The molecule has 0 aromatic heterocycles. The SMILES string of the molecule is CCOC1CCC(OCCCC(=O)N2CCC(C(C)=O)CC2)CC1. The van der Waals surface area contributed by atoms with Gasteiger partial charge in [0.05, 0.1) is 12.2 Å². The molecule has 0 atom stereocenters. The van der Waals surface area contributed by atoms with Crippen molar-refractivity contribution in [2.45, 2.75) is 77.4 Å². The molecule has 1 saturated heterocycles. The number of nitrogens with zero attached hydrogens (tertiary/aromatic N) is 1. The van der Waals surface area contributed by atoms with Crippen LogP contribution in [0.5, 0.6) is 0 Å².